The van der Waals surface area contributed by atoms with Crippen LogP contribution in [-0.4, -0.2) is 39.0 Å². The minimum Gasteiger partial charge on any atom is -0.389 e. The standard InChI is InChI=1S/C12H15F3N2O2S2/c1-17(5-6-21(2,18)19)8-3-4-10(12(13,14)15)9(7-8)11(16)20/h3-4,7H,5-6H2,1-2H3,(H2,16,20). The summed E-state index contributed by atoms with van der Waals surface area (Å²) in [5.41, 5.74) is 4.57. The van der Waals surface area contributed by atoms with Crippen molar-refractivity contribution in [3.05, 3.63) is 29.3 Å². The molecule has 0 aliphatic rings. The minimum atomic E-state index is -4.55. The molecule has 0 aliphatic carbocycles. The van der Waals surface area contributed by atoms with Crippen LogP contribution < -0.4 is 10.6 Å². The van der Waals surface area contributed by atoms with Gasteiger partial charge in [0.2, 0.25) is 0 Å². The number of anilines is 1. The molecule has 0 unspecified atom stereocenters. The van der Waals surface area contributed by atoms with Crippen LogP contribution in [0, 0.1) is 0 Å². The van der Waals surface area contributed by atoms with Gasteiger partial charge in [-0.25, -0.2) is 8.42 Å². The first kappa shape index (κ1) is 17.7. The average Bonchev–Trinajstić information content (AvgIpc) is 2.33. The number of sulfone groups is 1. The third-order valence-corrected chi connectivity index (χ3v) is 3.96. The number of hydrogen-bond donors (Lipinski definition) is 1. The normalized spacial score (nSPS) is 12.2. The van der Waals surface area contributed by atoms with Crippen LogP contribution in [0.15, 0.2) is 18.2 Å². The lowest BCUT2D eigenvalue weighted by Gasteiger charge is -2.21. The summed E-state index contributed by atoms with van der Waals surface area (Å²) >= 11 is 4.65. The Balaban J connectivity index is 3.11. The van der Waals surface area contributed by atoms with E-state index in [0.29, 0.717) is 5.69 Å². The van der Waals surface area contributed by atoms with Crippen molar-refractivity contribution in [2.75, 3.05) is 30.5 Å². The summed E-state index contributed by atoms with van der Waals surface area (Å²) in [4.78, 5) is 1.17. The fourth-order valence-electron chi connectivity index (χ4n) is 1.65. The van der Waals surface area contributed by atoms with Crippen molar-refractivity contribution in [3.63, 3.8) is 0 Å². The van der Waals surface area contributed by atoms with Crippen LogP contribution in [0.1, 0.15) is 11.1 Å². The molecule has 0 amide bonds. The van der Waals surface area contributed by atoms with Gasteiger partial charge in [-0.1, -0.05) is 12.2 Å². The smallest absolute Gasteiger partial charge is 0.389 e. The molecule has 9 heteroatoms. The maximum absolute atomic E-state index is 12.8. The number of rotatable bonds is 5. The minimum absolute atomic E-state index is 0.104. The lowest BCUT2D eigenvalue weighted by molar-refractivity contribution is -0.137. The van der Waals surface area contributed by atoms with Crippen molar-refractivity contribution in [3.8, 4) is 0 Å². The molecule has 0 aliphatic heterocycles. The molecule has 1 aromatic carbocycles. The third-order valence-electron chi connectivity index (χ3n) is 2.81. The van der Waals surface area contributed by atoms with E-state index in [0.717, 1.165) is 12.3 Å². The molecule has 0 spiro atoms. The SMILES string of the molecule is CN(CCS(C)(=O)=O)c1ccc(C(F)(F)F)c(C(N)=S)c1. The molecule has 4 nitrogen and oxygen atoms in total. The zero-order valence-electron chi connectivity index (χ0n) is 11.4. The van der Waals surface area contributed by atoms with Gasteiger partial charge in [0.05, 0.1) is 11.3 Å². The molecule has 1 aromatic rings. The third kappa shape index (κ3) is 5.16. The number of nitrogens with two attached hydrogens (primary N) is 1. The zero-order chi connectivity index (χ0) is 16.4. The molecule has 118 valence electrons. The Kier molecular flexibility index (Phi) is 5.21. The number of benzene rings is 1. The summed E-state index contributed by atoms with van der Waals surface area (Å²) in [6.45, 7) is 0.154. The van der Waals surface area contributed by atoms with E-state index in [1.54, 1.807) is 7.05 Å². The van der Waals surface area contributed by atoms with Crippen LogP contribution >= 0.6 is 12.2 Å². The van der Waals surface area contributed by atoms with Gasteiger partial charge in [-0.2, -0.15) is 13.2 Å². The lowest BCUT2D eigenvalue weighted by atomic mass is 10.1. The molecule has 21 heavy (non-hydrogen) atoms. The highest BCUT2D eigenvalue weighted by Crippen LogP contribution is 2.33. The monoisotopic (exact) mass is 340 g/mol. The Morgan fingerprint density at radius 1 is 1.38 bits per heavy atom. The van der Waals surface area contributed by atoms with Gasteiger partial charge in [0.1, 0.15) is 14.8 Å². The van der Waals surface area contributed by atoms with Gasteiger partial charge in [-0.05, 0) is 18.2 Å². The number of halogens is 3. The number of alkyl halides is 3. The maximum Gasteiger partial charge on any atom is 0.417 e. The molecular weight excluding hydrogens is 325 g/mol. The summed E-state index contributed by atoms with van der Waals surface area (Å²) in [6, 6.07) is 3.36. The van der Waals surface area contributed by atoms with Crippen molar-refractivity contribution in [1.29, 1.82) is 0 Å². The molecule has 1 rings (SSSR count). The summed E-state index contributed by atoms with van der Waals surface area (Å²) in [5.74, 6) is -0.104. The number of hydrogen-bond acceptors (Lipinski definition) is 4. The Hall–Kier alpha value is -1.35. The van der Waals surface area contributed by atoms with E-state index < -0.39 is 21.6 Å². The first-order chi connectivity index (χ1) is 9.42. The van der Waals surface area contributed by atoms with Gasteiger partial charge < -0.3 is 10.6 Å². The molecule has 0 bridgehead atoms. The highest BCUT2D eigenvalue weighted by Gasteiger charge is 2.34. The van der Waals surface area contributed by atoms with Crippen molar-refractivity contribution in [1.82, 2.24) is 0 Å². The predicted octanol–water partition coefficient (Wildman–Crippen LogP) is 1.82. The first-order valence-corrected chi connectivity index (χ1v) is 8.28. The Labute approximate surface area is 126 Å². The second kappa shape index (κ2) is 6.18. The topological polar surface area (TPSA) is 63.4 Å². The number of thiocarbonyl (C=S) groups is 1. The van der Waals surface area contributed by atoms with Crippen molar-refractivity contribution >= 4 is 32.7 Å². The Morgan fingerprint density at radius 3 is 2.38 bits per heavy atom. The van der Waals surface area contributed by atoms with Crippen LogP contribution in [0.4, 0.5) is 18.9 Å². The van der Waals surface area contributed by atoms with Gasteiger partial charge in [-0.15, -0.1) is 0 Å². The van der Waals surface area contributed by atoms with Crippen LogP contribution in [0.3, 0.4) is 0 Å². The van der Waals surface area contributed by atoms with E-state index in [1.807, 2.05) is 0 Å². The van der Waals surface area contributed by atoms with E-state index in [4.69, 9.17) is 5.73 Å². The summed E-state index contributed by atoms with van der Waals surface area (Å²) in [5, 5.41) is 0. The fraction of sp³-hybridized carbons (Fsp3) is 0.417. The van der Waals surface area contributed by atoms with Gasteiger partial charge in [0.15, 0.2) is 0 Å². The highest BCUT2D eigenvalue weighted by atomic mass is 32.2. The van der Waals surface area contributed by atoms with E-state index >= 15 is 0 Å². The Bertz CT molecular complexity index is 642. The summed E-state index contributed by atoms with van der Waals surface area (Å²) in [6.07, 6.45) is -3.46. The van der Waals surface area contributed by atoms with Crippen LogP contribution in [0.25, 0.3) is 0 Å². The fourth-order valence-corrected chi connectivity index (χ4v) is 2.43. The van der Waals surface area contributed by atoms with E-state index in [9.17, 15) is 21.6 Å². The maximum atomic E-state index is 12.8. The van der Waals surface area contributed by atoms with Gasteiger partial charge in [0.25, 0.3) is 0 Å². The summed E-state index contributed by atoms with van der Waals surface area (Å²) < 4.78 is 60.7. The molecule has 0 aromatic heterocycles. The lowest BCUT2D eigenvalue weighted by Crippen LogP contribution is -2.26. The molecule has 2 N–H and O–H groups in total. The van der Waals surface area contributed by atoms with Crippen LogP contribution in [0.2, 0.25) is 0 Å². The van der Waals surface area contributed by atoms with E-state index in [1.165, 1.54) is 17.0 Å². The van der Waals surface area contributed by atoms with E-state index in [2.05, 4.69) is 12.2 Å². The zero-order valence-corrected chi connectivity index (χ0v) is 13.1. The second-order valence-corrected chi connectivity index (χ2v) is 7.34. The molecule has 0 atom stereocenters. The average molecular weight is 340 g/mol. The molecule has 0 heterocycles. The quantitative estimate of drug-likeness (QED) is 0.829. The molecule has 0 radical (unpaired) electrons. The highest BCUT2D eigenvalue weighted by molar-refractivity contribution is 7.90. The van der Waals surface area contributed by atoms with Gasteiger partial charge >= 0.3 is 6.18 Å². The van der Waals surface area contributed by atoms with Crippen LogP contribution in [0.5, 0.6) is 0 Å². The predicted molar refractivity (Wildman–Crippen MR) is 80.3 cm³/mol. The molecule has 0 saturated carbocycles. The van der Waals surface area contributed by atoms with Gasteiger partial charge in [0, 0.05) is 31.1 Å². The number of nitrogens with zero attached hydrogens (tertiary/aromatic N) is 1. The van der Waals surface area contributed by atoms with Crippen molar-refractivity contribution in [2.45, 2.75) is 6.18 Å². The van der Waals surface area contributed by atoms with Crippen LogP contribution in [-0.2, 0) is 16.0 Å². The second-order valence-electron chi connectivity index (χ2n) is 4.64. The first-order valence-electron chi connectivity index (χ1n) is 5.82. The summed E-state index contributed by atoms with van der Waals surface area (Å²) in [7, 11) is -1.58. The van der Waals surface area contributed by atoms with Crippen molar-refractivity contribution in [2.24, 2.45) is 5.73 Å². The van der Waals surface area contributed by atoms with E-state index in [-0.39, 0.29) is 22.8 Å². The van der Waals surface area contributed by atoms with Crippen molar-refractivity contribution < 1.29 is 21.6 Å². The van der Waals surface area contributed by atoms with Gasteiger partial charge in [-0.3, -0.25) is 0 Å². The molecular formula is C12H15F3N2O2S2. The molecule has 0 saturated heterocycles. The largest absolute Gasteiger partial charge is 0.417 e. The Morgan fingerprint density at radius 2 is 1.95 bits per heavy atom. The molecule has 0 fully saturated rings.